The van der Waals surface area contributed by atoms with Crippen LogP contribution in [0.3, 0.4) is 0 Å². The van der Waals surface area contributed by atoms with Crippen molar-refractivity contribution >= 4 is 11.6 Å². The topological polar surface area (TPSA) is 48.1 Å². The van der Waals surface area contributed by atoms with E-state index in [0.717, 1.165) is 23.3 Å². The number of nitrogens with zero attached hydrogens (tertiary/aromatic N) is 1. The summed E-state index contributed by atoms with van der Waals surface area (Å²) in [5, 5.41) is 0.673. The molecule has 0 bridgehead atoms. The van der Waals surface area contributed by atoms with Gasteiger partial charge in [0.15, 0.2) is 0 Å². The molecule has 1 heterocycles. The van der Waals surface area contributed by atoms with Gasteiger partial charge >= 0.3 is 0 Å². The Bertz CT molecular complexity index is 529. The molecule has 1 aromatic heterocycles. The quantitative estimate of drug-likeness (QED) is 0.911. The van der Waals surface area contributed by atoms with Gasteiger partial charge in [-0.2, -0.15) is 0 Å². The van der Waals surface area contributed by atoms with Crippen LogP contribution in [-0.2, 0) is 6.42 Å². The SMILES string of the molecule is CC(N)c1cc(Cl)ccc1OCCc1cccnc1. The maximum absolute atomic E-state index is 5.97. The average molecular weight is 277 g/mol. The normalized spacial score (nSPS) is 12.2. The van der Waals surface area contributed by atoms with Crippen LogP contribution in [0, 0.1) is 0 Å². The summed E-state index contributed by atoms with van der Waals surface area (Å²) in [6.07, 6.45) is 4.42. The molecule has 1 aromatic carbocycles. The van der Waals surface area contributed by atoms with Gasteiger partial charge in [-0.3, -0.25) is 4.98 Å². The zero-order valence-corrected chi connectivity index (χ0v) is 11.6. The maximum Gasteiger partial charge on any atom is 0.124 e. The molecule has 2 aromatic rings. The Hall–Kier alpha value is -1.58. The molecule has 0 saturated heterocycles. The first-order valence-electron chi connectivity index (χ1n) is 6.23. The lowest BCUT2D eigenvalue weighted by Crippen LogP contribution is -2.09. The third kappa shape index (κ3) is 3.94. The third-order valence-corrected chi connectivity index (χ3v) is 3.07. The molecule has 0 aliphatic heterocycles. The Morgan fingerprint density at radius 3 is 2.89 bits per heavy atom. The van der Waals surface area contributed by atoms with Crippen molar-refractivity contribution in [3.63, 3.8) is 0 Å². The molecule has 0 radical (unpaired) electrons. The Morgan fingerprint density at radius 2 is 2.21 bits per heavy atom. The highest BCUT2D eigenvalue weighted by Gasteiger charge is 2.09. The number of rotatable bonds is 5. The van der Waals surface area contributed by atoms with Crippen LogP contribution in [-0.4, -0.2) is 11.6 Å². The minimum atomic E-state index is -0.105. The van der Waals surface area contributed by atoms with E-state index in [1.807, 2.05) is 43.5 Å². The molecule has 0 aliphatic carbocycles. The number of benzene rings is 1. The number of halogens is 1. The molecule has 0 aliphatic rings. The van der Waals surface area contributed by atoms with E-state index in [9.17, 15) is 0 Å². The van der Waals surface area contributed by atoms with Crippen LogP contribution >= 0.6 is 11.6 Å². The first-order chi connectivity index (χ1) is 9.16. The average Bonchev–Trinajstić information content (AvgIpc) is 2.41. The van der Waals surface area contributed by atoms with Crippen LogP contribution in [0.4, 0.5) is 0 Å². The summed E-state index contributed by atoms with van der Waals surface area (Å²) >= 11 is 5.97. The molecule has 19 heavy (non-hydrogen) atoms. The van der Waals surface area contributed by atoms with Gasteiger partial charge < -0.3 is 10.5 Å². The smallest absolute Gasteiger partial charge is 0.124 e. The van der Waals surface area contributed by atoms with Gasteiger partial charge in [0.05, 0.1) is 6.61 Å². The van der Waals surface area contributed by atoms with Crippen LogP contribution in [0.25, 0.3) is 0 Å². The van der Waals surface area contributed by atoms with E-state index in [1.165, 1.54) is 0 Å². The molecule has 4 heteroatoms. The second kappa shape index (κ2) is 6.55. The molecule has 2 N–H and O–H groups in total. The fourth-order valence-electron chi connectivity index (χ4n) is 1.83. The van der Waals surface area contributed by atoms with E-state index >= 15 is 0 Å². The largest absolute Gasteiger partial charge is 0.493 e. The summed E-state index contributed by atoms with van der Waals surface area (Å²) in [4.78, 5) is 4.07. The first-order valence-corrected chi connectivity index (χ1v) is 6.61. The highest BCUT2D eigenvalue weighted by Crippen LogP contribution is 2.27. The summed E-state index contributed by atoms with van der Waals surface area (Å²) < 4.78 is 5.79. The monoisotopic (exact) mass is 276 g/mol. The molecule has 100 valence electrons. The Labute approximate surface area is 118 Å². The van der Waals surface area contributed by atoms with Crippen LogP contribution in [0.2, 0.25) is 5.02 Å². The van der Waals surface area contributed by atoms with E-state index < -0.39 is 0 Å². The predicted molar refractivity (Wildman–Crippen MR) is 77.5 cm³/mol. The third-order valence-electron chi connectivity index (χ3n) is 2.83. The summed E-state index contributed by atoms with van der Waals surface area (Å²) in [7, 11) is 0. The van der Waals surface area contributed by atoms with Crippen LogP contribution in [0.15, 0.2) is 42.7 Å². The minimum Gasteiger partial charge on any atom is -0.493 e. The zero-order chi connectivity index (χ0) is 13.7. The van der Waals surface area contributed by atoms with Crippen molar-refractivity contribution in [3.8, 4) is 5.75 Å². The Balaban J connectivity index is 2.00. The van der Waals surface area contributed by atoms with E-state index in [0.29, 0.717) is 11.6 Å². The number of ether oxygens (including phenoxy) is 1. The van der Waals surface area contributed by atoms with Crippen molar-refractivity contribution in [1.82, 2.24) is 4.98 Å². The number of aromatic nitrogens is 1. The molecule has 2 rings (SSSR count). The van der Waals surface area contributed by atoms with Crippen molar-refractivity contribution in [2.24, 2.45) is 5.73 Å². The minimum absolute atomic E-state index is 0.105. The second-order valence-electron chi connectivity index (χ2n) is 4.43. The van der Waals surface area contributed by atoms with Crippen LogP contribution in [0.5, 0.6) is 5.75 Å². The van der Waals surface area contributed by atoms with Crippen molar-refractivity contribution in [3.05, 3.63) is 58.9 Å². The fourth-order valence-corrected chi connectivity index (χ4v) is 2.01. The van der Waals surface area contributed by atoms with E-state index in [-0.39, 0.29) is 6.04 Å². The number of nitrogens with two attached hydrogens (primary N) is 1. The molecule has 0 fully saturated rings. The summed E-state index contributed by atoms with van der Waals surface area (Å²) in [5.74, 6) is 0.795. The van der Waals surface area contributed by atoms with Crippen molar-refractivity contribution in [1.29, 1.82) is 0 Å². The van der Waals surface area contributed by atoms with Gasteiger partial charge in [-0.25, -0.2) is 0 Å². The van der Waals surface area contributed by atoms with E-state index in [1.54, 1.807) is 6.20 Å². The predicted octanol–water partition coefficient (Wildman–Crippen LogP) is 3.38. The van der Waals surface area contributed by atoms with Gasteiger partial charge in [0.25, 0.3) is 0 Å². The maximum atomic E-state index is 5.97. The van der Waals surface area contributed by atoms with Gasteiger partial charge in [-0.1, -0.05) is 17.7 Å². The van der Waals surface area contributed by atoms with Crippen LogP contribution in [0.1, 0.15) is 24.1 Å². The highest BCUT2D eigenvalue weighted by molar-refractivity contribution is 6.30. The molecule has 0 saturated carbocycles. The van der Waals surface area contributed by atoms with Gasteiger partial charge in [0, 0.05) is 35.4 Å². The number of hydrogen-bond acceptors (Lipinski definition) is 3. The van der Waals surface area contributed by atoms with Gasteiger partial charge in [-0.15, -0.1) is 0 Å². The Morgan fingerprint density at radius 1 is 1.37 bits per heavy atom. The van der Waals surface area contributed by atoms with Crippen LogP contribution < -0.4 is 10.5 Å². The fraction of sp³-hybridized carbons (Fsp3) is 0.267. The molecular formula is C15H17ClN2O. The second-order valence-corrected chi connectivity index (χ2v) is 4.87. The molecule has 0 spiro atoms. The molecule has 1 atom stereocenters. The first kappa shape index (κ1) is 13.8. The lowest BCUT2D eigenvalue weighted by atomic mass is 10.1. The zero-order valence-electron chi connectivity index (χ0n) is 10.8. The lowest BCUT2D eigenvalue weighted by molar-refractivity contribution is 0.317. The van der Waals surface area contributed by atoms with E-state index in [4.69, 9.17) is 22.1 Å². The summed E-state index contributed by atoms with van der Waals surface area (Å²) in [6, 6.07) is 9.38. The van der Waals surface area contributed by atoms with Gasteiger partial charge in [0.1, 0.15) is 5.75 Å². The van der Waals surface area contributed by atoms with Crippen molar-refractivity contribution in [2.75, 3.05) is 6.61 Å². The van der Waals surface area contributed by atoms with Crippen molar-refractivity contribution < 1.29 is 4.74 Å². The van der Waals surface area contributed by atoms with E-state index in [2.05, 4.69) is 4.98 Å². The summed E-state index contributed by atoms with van der Waals surface area (Å²) in [5.41, 5.74) is 8.00. The standard InChI is InChI=1S/C15H17ClN2O/c1-11(17)14-9-13(16)4-5-15(14)19-8-6-12-3-2-7-18-10-12/h2-5,7,9-11H,6,8,17H2,1H3. The molecule has 1 unspecified atom stereocenters. The summed E-state index contributed by atoms with van der Waals surface area (Å²) in [6.45, 7) is 2.51. The van der Waals surface area contributed by atoms with Gasteiger partial charge in [-0.05, 0) is 36.8 Å². The number of hydrogen-bond donors (Lipinski definition) is 1. The number of pyridine rings is 1. The highest BCUT2D eigenvalue weighted by atomic mass is 35.5. The molecule has 3 nitrogen and oxygen atoms in total. The molecule has 0 amide bonds. The Kier molecular flexibility index (Phi) is 4.77. The lowest BCUT2D eigenvalue weighted by Gasteiger charge is -2.14. The van der Waals surface area contributed by atoms with Gasteiger partial charge in [0.2, 0.25) is 0 Å². The molecular weight excluding hydrogens is 260 g/mol. The van der Waals surface area contributed by atoms with Crippen molar-refractivity contribution in [2.45, 2.75) is 19.4 Å².